The van der Waals surface area contributed by atoms with Crippen LogP contribution >= 0.6 is 11.8 Å². The number of amides is 2. The van der Waals surface area contributed by atoms with Crippen molar-refractivity contribution in [2.24, 2.45) is 5.73 Å². The normalized spacial score (nSPS) is 11.5. The summed E-state index contributed by atoms with van der Waals surface area (Å²) in [6, 6.07) is 14.3. The van der Waals surface area contributed by atoms with E-state index in [0.29, 0.717) is 36.0 Å². The molecule has 33 heavy (non-hydrogen) atoms. The number of carbonyl (C=O) groups is 2. The van der Waals surface area contributed by atoms with Gasteiger partial charge >= 0.3 is 0 Å². The SMILES string of the molecule is NCCc1nc(C(=O)NC(CSCc2ccccc2)C(=O)Nc2ccc([N+](=O)[O-])cc2)co1. The molecule has 2 aromatic carbocycles. The van der Waals surface area contributed by atoms with Gasteiger partial charge in [0.25, 0.3) is 11.6 Å². The number of rotatable bonds is 11. The molecule has 0 aliphatic carbocycles. The number of aromatic nitrogens is 1. The molecule has 0 saturated heterocycles. The first kappa shape index (κ1) is 24.0. The first-order chi connectivity index (χ1) is 16.0. The van der Waals surface area contributed by atoms with Crippen molar-refractivity contribution in [1.29, 1.82) is 0 Å². The van der Waals surface area contributed by atoms with Crippen LogP contribution in [0.25, 0.3) is 0 Å². The Hall–Kier alpha value is -3.70. The lowest BCUT2D eigenvalue weighted by Gasteiger charge is -2.18. The summed E-state index contributed by atoms with van der Waals surface area (Å²) < 4.78 is 5.22. The van der Waals surface area contributed by atoms with Crippen LogP contribution in [0.1, 0.15) is 21.9 Å². The Morgan fingerprint density at radius 1 is 1.15 bits per heavy atom. The zero-order valence-corrected chi connectivity index (χ0v) is 18.4. The lowest BCUT2D eigenvalue weighted by molar-refractivity contribution is -0.384. The molecular formula is C22H23N5O5S. The highest BCUT2D eigenvalue weighted by molar-refractivity contribution is 7.98. The molecule has 3 rings (SSSR count). The molecule has 0 aliphatic rings. The van der Waals surface area contributed by atoms with E-state index in [-0.39, 0.29) is 11.4 Å². The van der Waals surface area contributed by atoms with Crippen molar-refractivity contribution in [3.63, 3.8) is 0 Å². The van der Waals surface area contributed by atoms with Crippen molar-refractivity contribution in [1.82, 2.24) is 10.3 Å². The quantitative estimate of drug-likeness (QED) is 0.286. The van der Waals surface area contributed by atoms with Gasteiger partial charge in [-0.05, 0) is 17.7 Å². The van der Waals surface area contributed by atoms with Crippen molar-refractivity contribution in [2.75, 3.05) is 17.6 Å². The third-order valence-corrected chi connectivity index (χ3v) is 5.61. The number of hydrogen-bond acceptors (Lipinski definition) is 8. The topological polar surface area (TPSA) is 153 Å². The van der Waals surface area contributed by atoms with Crippen molar-refractivity contribution >= 4 is 35.0 Å². The average Bonchev–Trinajstić information content (AvgIpc) is 3.28. The maximum Gasteiger partial charge on any atom is 0.273 e. The smallest absolute Gasteiger partial charge is 0.273 e. The van der Waals surface area contributed by atoms with Gasteiger partial charge in [0.15, 0.2) is 11.6 Å². The summed E-state index contributed by atoms with van der Waals surface area (Å²) in [7, 11) is 0. The molecule has 1 heterocycles. The maximum absolute atomic E-state index is 12.9. The molecule has 172 valence electrons. The highest BCUT2D eigenvalue weighted by Gasteiger charge is 2.23. The summed E-state index contributed by atoms with van der Waals surface area (Å²) in [6.07, 6.45) is 1.62. The summed E-state index contributed by atoms with van der Waals surface area (Å²) in [5.74, 6) is 0.290. The molecule has 1 aromatic heterocycles. The van der Waals surface area contributed by atoms with Gasteiger partial charge in [0.2, 0.25) is 5.91 Å². The summed E-state index contributed by atoms with van der Waals surface area (Å²) in [4.78, 5) is 40.0. The molecule has 0 aliphatic heterocycles. The van der Waals surface area contributed by atoms with E-state index in [9.17, 15) is 19.7 Å². The molecule has 2 amide bonds. The molecule has 1 atom stereocenters. The molecule has 0 spiro atoms. The number of hydrogen-bond donors (Lipinski definition) is 3. The van der Waals surface area contributed by atoms with E-state index in [1.54, 1.807) is 0 Å². The van der Waals surface area contributed by atoms with Crippen molar-refractivity contribution in [2.45, 2.75) is 18.2 Å². The van der Waals surface area contributed by atoms with Gasteiger partial charge in [-0.15, -0.1) is 0 Å². The Morgan fingerprint density at radius 2 is 1.88 bits per heavy atom. The van der Waals surface area contributed by atoms with Gasteiger partial charge in [-0.2, -0.15) is 11.8 Å². The zero-order chi connectivity index (χ0) is 23.6. The molecule has 0 fully saturated rings. The number of nitro benzene ring substituents is 1. The van der Waals surface area contributed by atoms with Crippen LogP contribution in [-0.2, 0) is 17.0 Å². The molecule has 0 radical (unpaired) electrons. The third kappa shape index (κ3) is 7.16. The Morgan fingerprint density at radius 3 is 2.55 bits per heavy atom. The van der Waals surface area contributed by atoms with E-state index in [1.807, 2.05) is 30.3 Å². The number of carbonyl (C=O) groups excluding carboxylic acids is 2. The lowest BCUT2D eigenvalue weighted by Crippen LogP contribution is -2.45. The second-order valence-corrected chi connectivity index (χ2v) is 8.02. The highest BCUT2D eigenvalue weighted by atomic mass is 32.2. The van der Waals surface area contributed by atoms with Gasteiger partial charge < -0.3 is 20.8 Å². The van der Waals surface area contributed by atoms with Gasteiger partial charge in [0.1, 0.15) is 12.3 Å². The van der Waals surface area contributed by atoms with E-state index < -0.39 is 22.8 Å². The fourth-order valence-electron chi connectivity index (χ4n) is 2.83. The number of nitro groups is 1. The van der Waals surface area contributed by atoms with Crippen LogP contribution < -0.4 is 16.4 Å². The third-order valence-electron chi connectivity index (χ3n) is 4.51. The highest BCUT2D eigenvalue weighted by Crippen LogP contribution is 2.17. The molecule has 11 heteroatoms. The molecule has 1 unspecified atom stereocenters. The van der Waals surface area contributed by atoms with Crippen LogP contribution in [0.2, 0.25) is 0 Å². The van der Waals surface area contributed by atoms with Crippen molar-refractivity contribution in [3.8, 4) is 0 Å². The van der Waals surface area contributed by atoms with Crippen molar-refractivity contribution < 1.29 is 18.9 Å². The number of nitrogens with zero attached hydrogens (tertiary/aromatic N) is 2. The molecule has 3 aromatic rings. The van der Waals surface area contributed by atoms with Crippen LogP contribution in [0, 0.1) is 10.1 Å². The van der Waals surface area contributed by atoms with Gasteiger partial charge in [0, 0.05) is 42.3 Å². The summed E-state index contributed by atoms with van der Waals surface area (Å²) >= 11 is 1.48. The second-order valence-electron chi connectivity index (χ2n) is 6.99. The van der Waals surface area contributed by atoms with Crippen molar-refractivity contribution in [3.05, 3.63) is 88.1 Å². The average molecular weight is 470 g/mol. The van der Waals surface area contributed by atoms with E-state index in [4.69, 9.17) is 10.2 Å². The Labute approximate surface area is 194 Å². The zero-order valence-electron chi connectivity index (χ0n) is 17.6. The van der Waals surface area contributed by atoms with Crippen LogP contribution in [0.4, 0.5) is 11.4 Å². The van der Waals surface area contributed by atoms with E-state index in [1.165, 1.54) is 42.3 Å². The Balaban J connectivity index is 1.68. The van der Waals surface area contributed by atoms with Gasteiger partial charge in [-0.3, -0.25) is 19.7 Å². The minimum atomic E-state index is -0.879. The minimum absolute atomic E-state index is 0.0552. The fraction of sp³-hybridized carbons (Fsp3) is 0.227. The van der Waals surface area contributed by atoms with Crippen LogP contribution in [0.3, 0.4) is 0 Å². The first-order valence-corrected chi connectivity index (χ1v) is 11.2. The van der Waals surface area contributed by atoms with Crippen LogP contribution in [-0.4, -0.2) is 40.1 Å². The second kappa shape index (κ2) is 11.8. The number of benzene rings is 2. The van der Waals surface area contributed by atoms with E-state index in [0.717, 1.165) is 5.56 Å². The summed E-state index contributed by atoms with van der Waals surface area (Å²) in [5.41, 5.74) is 6.91. The largest absolute Gasteiger partial charge is 0.448 e. The van der Waals surface area contributed by atoms with Gasteiger partial charge in [-0.25, -0.2) is 4.98 Å². The number of nitrogens with one attached hydrogen (secondary N) is 2. The number of oxazole rings is 1. The first-order valence-electron chi connectivity index (χ1n) is 10.1. The van der Waals surface area contributed by atoms with Crippen LogP contribution in [0.15, 0.2) is 65.3 Å². The fourth-order valence-corrected chi connectivity index (χ4v) is 3.85. The number of thioether (sulfide) groups is 1. The monoisotopic (exact) mass is 469 g/mol. The predicted octanol–water partition coefficient (Wildman–Crippen LogP) is 2.75. The molecule has 10 nitrogen and oxygen atoms in total. The minimum Gasteiger partial charge on any atom is -0.448 e. The molecule has 0 saturated carbocycles. The predicted molar refractivity (Wildman–Crippen MR) is 125 cm³/mol. The van der Waals surface area contributed by atoms with E-state index >= 15 is 0 Å². The van der Waals surface area contributed by atoms with Crippen LogP contribution in [0.5, 0.6) is 0 Å². The Bertz CT molecular complexity index is 1090. The number of nitrogens with two attached hydrogens (primary N) is 1. The number of non-ortho nitro benzene ring substituents is 1. The Kier molecular flexibility index (Phi) is 8.56. The molecule has 4 N–H and O–H groups in total. The molecule has 0 bridgehead atoms. The maximum atomic E-state index is 12.9. The lowest BCUT2D eigenvalue weighted by atomic mass is 10.2. The van der Waals surface area contributed by atoms with E-state index in [2.05, 4.69) is 15.6 Å². The van der Waals surface area contributed by atoms with Gasteiger partial charge in [0.05, 0.1) is 4.92 Å². The standard InChI is InChI=1S/C22H23N5O5S/c23-11-10-20-25-18(12-32-20)21(28)26-19(14-33-13-15-4-2-1-3-5-15)22(29)24-16-6-8-17(9-7-16)27(30)31/h1-9,12,19H,10-11,13-14,23H2,(H,24,29)(H,26,28). The van der Waals surface area contributed by atoms with Gasteiger partial charge in [-0.1, -0.05) is 30.3 Å². The summed E-state index contributed by atoms with van der Waals surface area (Å²) in [5, 5.41) is 16.2. The summed E-state index contributed by atoms with van der Waals surface area (Å²) in [6.45, 7) is 0.331. The molecular weight excluding hydrogens is 446 g/mol. The number of anilines is 1.